The molecule has 0 fully saturated rings. The third-order valence-electron chi connectivity index (χ3n) is 2.34. The molecule has 0 saturated heterocycles. The molecule has 2 rings (SSSR count). The molecule has 0 aromatic heterocycles. The molecule has 2 aliphatic heterocycles. The topological polar surface area (TPSA) is 15.4 Å². The quantitative estimate of drug-likeness (QED) is 0.447. The molecule has 10 heavy (non-hydrogen) atoms. The van der Waals surface area contributed by atoms with Gasteiger partial charge < -0.3 is 0 Å². The Balaban J connectivity index is 2.27. The van der Waals surface area contributed by atoms with Gasteiger partial charge >= 0.3 is 0 Å². The van der Waals surface area contributed by atoms with E-state index in [2.05, 4.69) is 22.9 Å². The second kappa shape index (κ2) is 2.19. The first-order valence-electron chi connectivity index (χ1n) is 4.05. The molecule has 0 bridgehead atoms. The van der Waals surface area contributed by atoms with E-state index in [1.54, 1.807) is 0 Å². The van der Waals surface area contributed by atoms with Gasteiger partial charge in [-0.05, 0) is 18.4 Å². The van der Waals surface area contributed by atoms with Gasteiger partial charge in [-0.25, -0.2) is 0 Å². The summed E-state index contributed by atoms with van der Waals surface area (Å²) in [6.07, 6.45) is 5.99. The highest BCUT2D eigenvalue weighted by molar-refractivity contribution is 5.97. The van der Waals surface area contributed by atoms with Crippen molar-refractivity contribution in [1.29, 1.82) is 0 Å². The van der Waals surface area contributed by atoms with Crippen molar-refractivity contribution in [1.82, 2.24) is 0 Å². The molecule has 0 saturated carbocycles. The van der Waals surface area contributed by atoms with E-state index in [9.17, 15) is 0 Å². The normalized spacial score (nSPS) is 31.1. The van der Waals surface area contributed by atoms with Gasteiger partial charge in [-0.2, -0.15) is 0 Å². The zero-order valence-electron chi connectivity index (χ0n) is 6.38. The van der Waals surface area contributed by atoms with E-state index in [1.807, 2.05) is 0 Å². The minimum Gasteiger partial charge on any atom is -0.0921 e. The Kier molecular flexibility index (Phi) is 1.33. The molecule has 0 N–H and O–H groups in total. The minimum atomic E-state index is 0.611. The smallest absolute Gasteiger partial charge is 0.0921 e. The van der Waals surface area contributed by atoms with Crippen molar-refractivity contribution >= 4 is 11.9 Å². The van der Waals surface area contributed by atoms with E-state index in [-0.39, 0.29) is 0 Å². The van der Waals surface area contributed by atoms with Crippen LogP contribution in [0.2, 0.25) is 0 Å². The van der Waals surface area contributed by atoms with Crippen LogP contribution in [-0.4, -0.2) is 23.2 Å². The Morgan fingerprint density at radius 1 is 1.60 bits per heavy atom. The number of rotatable bonds is 0. The third-order valence-corrected chi connectivity index (χ3v) is 2.34. The van der Waals surface area contributed by atoms with E-state index in [4.69, 9.17) is 0 Å². The summed E-state index contributed by atoms with van der Waals surface area (Å²) in [5, 5.41) is 4.31. The number of hydrogen-bond donors (Lipinski definition) is 0. The molecule has 1 unspecified atom stereocenters. The fraction of sp³-hybridized carbons (Fsp3) is 0.750. The van der Waals surface area contributed by atoms with Crippen molar-refractivity contribution in [2.24, 2.45) is 11.0 Å². The molecular weight excluding hydrogens is 124 g/mol. The highest BCUT2D eigenvalue weighted by Gasteiger charge is 2.28. The fourth-order valence-corrected chi connectivity index (χ4v) is 1.70. The van der Waals surface area contributed by atoms with Crippen LogP contribution in [0.4, 0.5) is 0 Å². The molecule has 0 amide bonds. The summed E-state index contributed by atoms with van der Waals surface area (Å²) in [4.78, 5) is 0. The molecule has 2 heteroatoms. The van der Waals surface area contributed by atoms with E-state index in [0.29, 0.717) is 5.92 Å². The van der Waals surface area contributed by atoms with Crippen LogP contribution in [0, 0.1) is 5.92 Å². The summed E-state index contributed by atoms with van der Waals surface area (Å²) < 4.78 is 2.17. The molecule has 0 aromatic rings. The van der Waals surface area contributed by atoms with Crippen LogP contribution >= 0.6 is 0 Å². The van der Waals surface area contributed by atoms with Crippen LogP contribution in [0.15, 0.2) is 5.10 Å². The van der Waals surface area contributed by atoms with Gasteiger partial charge in [-0.1, -0.05) is 4.68 Å². The molecular formula is C8H13N2+. The largest absolute Gasteiger partial charge is 0.193 e. The summed E-state index contributed by atoms with van der Waals surface area (Å²) in [5.41, 5.74) is 1.53. The van der Waals surface area contributed by atoms with Crippen LogP contribution in [0.25, 0.3) is 0 Å². The SMILES string of the molecule is CC1C=N[N+]2=C1CCCC2. The number of nitrogens with zero attached hydrogens (tertiary/aromatic N) is 2. The first-order valence-corrected chi connectivity index (χ1v) is 4.05. The molecule has 54 valence electrons. The van der Waals surface area contributed by atoms with Crippen molar-refractivity contribution in [3.8, 4) is 0 Å². The average Bonchev–Trinajstić information content (AvgIpc) is 2.34. The maximum atomic E-state index is 4.31. The third kappa shape index (κ3) is 0.789. The fourth-order valence-electron chi connectivity index (χ4n) is 1.70. The summed E-state index contributed by atoms with van der Waals surface area (Å²) in [5.74, 6) is 0.611. The Hall–Kier alpha value is -0.660. The van der Waals surface area contributed by atoms with Crippen molar-refractivity contribution in [3.05, 3.63) is 0 Å². The minimum absolute atomic E-state index is 0.611. The Morgan fingerprint density at radius 3 is 3.30 bits per heavy atom. The lowest BCUT2D eigenvalue weighted by Crippen LogP contribution is -2.22. The standard InChI is InChI=1S/C8H13N2/c1-7-6-9-10-5-3-2-4-8(7)10/h6-7H,2-5H2,1H3/q+1. The van der Waals surface area contributed by atoms with Gasteiger partial charge in [0.2, 0.25) is 0 Å². The lowest BCUT2D eigenvalue weighted by molar-refractivity contribution is -0.535. The molecule has 0 radical (unpaired) electrons. The summed E-state index contributed by atoms with van der Waals surface area (Å²) >= 11 is 0. The van der Waals surface area contributed by atoms with Crippen LogP contribution < -0.4 is 0 Å². The zero-order chi connectivity index (χ0) is 6.97. The predicted octanol–water partition coefficient (Wildman–Crippen LogP) is 1.26. The maximum absolute atomic E-state index is 4.31. The second-order valence-corrected chi connectivity index (χ2v) is 3.12. The average molecular weight is 137 g/mol. The number of hydrazone groups is 1. The Bertz CT molecular complexity index is 203. The summed E-state index contributed by atoms with van der Waals surface area (Å²) in [7, 11) is 0. The van der Waals surface area contributed by atoms with E-state index >= 15 is 0 Å². The van der Waals surface area contributed by atoms with Crippen molar-refractivity contribution < 1.29 is 4.68 Å². The van der Waals surface area contributed by atoms with E-state index in [1.165, 1.54) is 25.0 Å². The van der Waals surface area contributed by atoms with Crippen LogP contribution in [0.5, 0.6) is 0 Å². The van der Waals surface area contributed by atoms with Crippen molar-refractivity contribution in [2.45, 2.75) is 26.2 Å². The lowest BCUT2D eigenvalue weighted by atomic mass is 10.00. The van der Waals surface area contributed by atoms with Gasteiger partial charge in [0.15, 0.2) is 12.3 Å². The maximum Gasteiger partial charge on any atom is 0.193 e. The lowest BCUT2D eigenvalue weighted by Gasteiger charge is -2.06. The van der Waals surface area contributed by atoms with Gasteiger partial charge in [-0.3, -0.25) is 0 Å². The van der Waals surface area contributed by atoms with E-state index < -0.39 is 0 Å². The first kappa shape index (κ1) is 6.08. The summed E-state index contributed by atoms with van der Waals surface area (Å²) in [6, 6.07) is 0. The van der Waals surface area contributed by atoms with Gasteiger partial charge in [0.1, 0.15) is 0 Å². The van der Waals surface area contributed by atoms with Crippen molar-refractivity contribution in [2.75, 3.05) is 6.54 Å². The van der Waals surface area contributed by atoms with Gasteiger partial charge in [0.25, 0.3) is 0 Å². The highest BCUT2D eigenvalue weighted by Crippen LogP contribution is 2.15. The Morgan fingerprint density at radius 2 is 2.50 bits per heavy atom. The van der Waals surface area contributed by atoms with E-state index in [0.717, 1.165) is 6.54 Å². The second-order valence-electron chi connectivity index (χ2n) is 3.12. The predicted molar refractivity (Wildman–Crippen MR) is 41.6 cm³/mol. The summed E-state index contributed by atoms with van der Waals surface area (Å²) in [6.45, 7) is 3.38. The molecule has 2 nitrogen and oxygen atoms in total. The highest BCUT2D eigenvalue weighted by atomic mass is 15.4. The number of hydrogen-bond acceptors (Lipinski definition) is 1. The van der Waals surface area contributed by atoms with Crippen LogP contribution in [-0.2, 0) is 0 Å². The van der Waals surface area contributed by atoms with Crippen molar-refractivity contribution in [3.63, 3.8) is 0 Å². The molecule has 2 heterocycles. The molecule has 0 aromatic carbocycles. The van der Waals surface area contributed by atoms with Gasteiger partial charge in [0.05, 0.1) is 12.1 Å². The monoisotopic (exact) mass is 137 g/mol. The Labute approximate surface area is 61.3 Å². The molecule has 2 aliphatic rings. The molecule has 0 spiro atoms. The van der Waals surface area contributed by atoms with Gasteiger partial charge in [0, 0.05) is 12.8 Å². The van der Waals surface area contributed by atoms with Crippen LogP contribution in [0.1, 0.15) is 26.2 Å². The van der Waals surface area contributed by atoms with Gasteiger partial charge in [-0.15, -0.1) is 0 Å². The molecule has 1 atom stereocenters. The zero-order valence-corrected chi connectivity index (χ0v) is 6.38. The van der Waals surface area contributed by atoms with Crippen LogP contribution in [0.3, 0.4) is 0 Å². The molecule has 0 aliphatic carbocycles. The first-order chi connectivity index (χ1) is 4.88.